The van der Waals surface area contributed by atoms with E-state index in [4.69, 9.17) is 37.0 Å². The predicted octanol–water partition coefficient (Wildman–Crippen LogP) is 25.3. The first-order valence-electron chi connectivity index (χ1n) is 43.4. The molecule has 0 saturated heterocycles. The molecule has 0 spiro atoms. The van der Waals surface area contributed by atoms with Crippen molar-refractivity contribution in [3.8, 4) is 0 Å². The van der Waals surface area contributed by atoms with Gasteiger partial charge in [-0.2, -0.15) is 0 Å². The third-order valence-electron chi connectivity index (χ3n) is 20.0. The lowest BCUT2D eigenvalue weighted by atomic mass is 9.99. The van der Waals surface area contributed by atoms with Crippen LogP contribution in [0, 0.1) is 17.8 Å². The van der Waals surface area contributed by atoms with Gasteiger partial charge in [-0.05, 0) is 43.4 Å². The van der Waals surface area contributed by atoms with Crippen LogP contribution in [0.1, 0.15) is 440 Å². The minimum atomic E-state index is -4.96. The maximum Gasteiger partial charge on any atom is 0.472 e. The highest BCUT2D eigenvalue weighted by atomic mass is 31.2. The largest absolute Gasteiger partial charge is 0.472 e. The van der Waals surface area contributed by atoms with Crippen molar-refractivity contribution in [2.24, 2.45) is 17.8 Å². The van der Waals surface area contributed by atoms with Crippen LogP contribution in [0.3, 0.4) is 0 Å². The number of phosphoric ester groups is 2. The molecule has 103 heavy (non-hydrogen) atoms. The molecule has 6 atom stereocenters. The zero-order valence-corrected chi connectivity index (χ0v) is 69.6. The number of ether oxygens (including phenoxy) is 4. The topological polar surface area (TPSA) is 237 Å². The molecule has 17 nitrogen and oxygen atoms in total. The number of hydrogen-bond donors (Lipinski definition) is 3. The Morgan fingerprint density at radius 3 is 0.738 bits per heavy atom. The van der Waals surface area contributed by atoms with Crippen molar-refractivity contribution in [1.29, 1.82) is 0 Å². The fourth-order valence-electron chi connectivity index (χ4n) is 13.0. The molecule has 0 aliphatic carbocycles. The van der Waals surface area contributed by atoms with Crippen molar-refractivity contribution < 1.29 is 80.2 Å². The predicted molar refractivity (Wildman–Crippen MR) is 423 cm³/mol. The van der Waals surface area contributed by atoms with Crippen LogP contribution in [0.4, 0.5) is 0 Å². The van der Waals surface area contributed by atoms with Crippen molar-refractivity contribution in [3.63, 3.8) is 0 Å². The molecule has 0 radical (unpaired) electrons. The van der Waals surface area contributed by atoms with Gasteiger partial charge in [-0.3, -0.25) is 37.3 Å². The quantitative estimate of drug-likeness (QED) is 0.0222. The van der Waals surface area contributed by atoms with Crippen LogP contribution >= 0.6 is 15.6 Å². The van der Waals surface area contributed by atoms with Gasteiger partial charge in [0.05, 0.1) is 26.4 Å². The summed E-state index contributed by atoms with van der Waals surface area (Å²) >= 11 is 0. The van der Waals surface area contributed by atoms with Gasteiger partial charge in [0.25, 0.3) is 0 Å². The number of hydrogen-bond acceptors (Lipinski definition) is 15. The molecule has 0 aliphatic heterocycles. The number of aliphatic hydroxyl groups excluding tert-OH is 1. The summed E-state index contributed by atoms with van der Waals surface area (Å²) in [6.45, 7) is 12.0. The van der Waals surface area contributed by atoms with E-state index in [1.54, 1.807) is 0 Å². The number of phosphoric acid groups is 2. The van der Waals surface area contributed by atoms with E-state index in [1.807, 2.05) is 0 Å². The second-order valence-corrected chi connectivity index (χ2v) is 34.3. The number of rotatable bonds is 82. The Hall–Kier alpha value is -1.94. The summed E-state index contributed by atoms with van der Waals surface area (Å²) in [6.07, 6.45) is 64.0. The second kappa shape index (κ2) is 74.2. The maximum absolute atomic E-state index is 13.1. The van der Waals surface area contributed by atoms with E-state index in [0.29, 0.717) is 31.6 Å². The first kappa shape index (κ1) is 101. The molecule has 0 aromatic carbocycles. The van der Waals surface area contributed by atoms with Crippen LogP contribution in [-0.2, 0) is 65.4 Å². The van der Waals surface area contributed by atoms with Crippen LogP contribution in [-0.4, -0.2) is 96.7 Å². The van der Waals surface area contributed by atoms with E-state index in [2.05, 4.69) is 48.5 Å². The molecule has 0 heterocycles. The normalized spacial score (nSPS) is 14.2. The van der Waals surface area contributed by atoms with Gasteiger partial charge < -0.3 is 33.8 Å². The van der Waals surface area contributed by atoms with E-state index >= 15 is 0 Å². The third kappa shape index (κ3) is 76.6. The van der Waals surface area contributed by atoms with Crippen LogP contribution in [0.15, 0.2) is 0 Å². The van der Waals surface area contributed by atoms with Crippen molar-refractivity contribution in [2.45, 2.75) is 458 Å². The summed E-state index contributed by atoms with van der Waals surface area (Å²) in [5.74, 6) is 0.211. The smallest absolute Gasteiger partial charge is 0.462 e. The fraction of sp³-hybridized carbons (Fsp3) is 0.952. The van der Waals surface area contributed by atoms with Gasteiger partial charge in [0.1, 0.15) is 19.3 Å². The van der Waals surface area contributed by atoms with Gasteiger partial charge in [-0.25, -0.2) is 9.13 Å². The van der Waals surface area contributed by atoms with Crippen LogP contribution < -0.4 is 0 Å². The standard InChI is InChI=1S/C84H164O17P2/c1-8-10-11-12-13-14-15-16-17-18-19-20-21-22-23-28-33-38-45-53-60-67-83(88)100-79(71-94-81(86)65-58-51-44-37-32-27-25-24-26-31-36-43-50-57-64-77(7)9-2)73-98-102(90,91)96-69-78(85)70-97-103(92,93)99-74-80(72-95-82(87)66-59-52-47-40-42-49-56-63-76(5)6)101-84(89)68-61-54-46-39-34-29-30-35-41-48-55-62-75(3)4/h75-80,85H,8-74H2,1-7H3,(H,90,91)(H,92,93)/t77?,78-,79-,80-/m1/s1. The lowest BCUT2D eigenvalue weighted by Gasteiger charge is -2.21. The highest BCUT2D eigenvalue weighted by molar-refractivity contribution is 7.47. The van der Waals surface area contributed by atoms with Crippen LogP contribution in [0.5, 0.6) is 0 Å². The Balaban J connectivity index is 5.23. The minimum Gasteiger partial charge on any atom is -0.462 e. The number of unbranched alkanes of at least 4 members (excludes halogenated alkanes) is 49. The van der Waals surface area contributed by atoms with E-state index in [9.17, 15) is 43.2 Å². The Morgan fingerprint density at radius 2 is 0.495 bits per heavy atom. The molecular formula is C84H164O17P2. The molecule has 3 N–H and O–H groups in total. The van der Waals surface area contributed by atoms with Crippen molar-refractivity contribution in [2.75, 3.05) is 39.6 Å². The maximum atomic E-state index is 13.1. The van der Waals surface area contributed by atoms with Gasteiger partial charge in [-0.1, -0.05) is 389 Å². The zero-order chi connectivity index (χ0) is 75.8. The molecule has 19 heteroatoms. The molecule has 0 rings (SSSR count). The average Bonchev–Trinajstić information content (AvgIpc) is 0.919. The fourth-order valence-corrected chi connectivity index (χ4v) is 14.6. The lowest BCUT2D eigenvalue weighted by Crippen LogP contribution is -2.30. The molecule has 0 bridgehead atoms. The molecule has 0 aliphatic rings. The average molecular weight is 1510 g/mol. The number of aliphatic hydroxyl groups is 1. The van der Waals surface area contributed by atoms with Crippen molar-refractivity contribution in [1.82, 2.24) is 0 Å². The zero-order valence-electron chi connectivity index (χ0n) is 67.8. The van der Waals surface area contributed by atoms with Gasteiger partial charge in [0.15, 0.2) is 12.2 Å². The number of esters is 4. The Kier molecular flexibility index (Phi) is 72.8. The van der Waals surface area contributed by atoms with E-state index in [0.717, 1.165) is 108 Å². The number of carbonyl (C=O) groups is 4. The highest BCUT2D eigenvalue weighted by Gasteiger charge is 2.30. The molecule has 0 aromatic rings. The molecule has 0 aromatic heterocycles. The lowest BCUT2D eigenvalue weighted by molar-refractivity contribution is -0.161. The van der Waals surface area contributed by atoms with Crippen LogP contribution in [0.25, 0.3) is 0 Å². The summed E-state index contributed by atoms with van der Waals surface area (Å²) in [6, 6.07) is 0. The summed E-state index contributed by atoms with van der Waals surface area (Å²) in [5.41, 5.74) is 0. The summed E-state index contributed by atoms with van der Waals surface area (Å²) < 4.78 is 68.8. The van der Waals surface area contributed by atoms with Gasteiger partial charge >= 0.3 is 39.5 Å². The monoisotopic (exact) mass is 1510 g/mol. The summed E-state index contributed by atoms with van der Waals surface area (Å²) in [4.78, 5) is 73.1. The molecule has 0 fully saturated rings. The number of carbonyl (C=O) groups excluding carboxylic acids is 4. The first-order valence-corrected chi connectivity index (χ1v) is 46.4. The van der Waals surface area contributed by atoms with E-state index in [1.165, 1.54) is 244 Å². The molecule has 0 saturated carbocycles. The highest BCUT2D eigenvalue weighted by Crippen LogP contribution is 2.45. The Morgan fingerprint density at radius 1 is 0.282 bits per heavy atom. The SMILES string of the molecule is CCCCCCCCCCCCCCCCCCCCCCCC(=O)O[C@H](COC(=O)CCCCCCCCCCCCCCCCC(C)CC)COP(=O)(O)OC[C@@H](O)COP(=O)(O)OC[C@@H](COC(=O)CCCCCCCCCC(C)C)OC(=O)CCCCCCCCCCCCCC(C)C. The van der Waals surface area contributed by atoms with E-state index in [-0.39, 0.29) is 25.7 Å². The van der Waals surface area contributed by atoms with E-state index < -0.39 is 97.5 Å². The van der Waals surface area contributed by atoms with Crippen molar-refractivity contribution in [3.05, 3.63) is 0 Å². The molecule has 612 valence electrons. The van der Waals surface area contributed by atoms with Crippen LogP contribution in [0.2, 0.25) is 0 Å². The van der Waals surface area contributed by atoms with Gasteiger partial charge in [-0.15, -0.1) is 0 Å². The first-order chi connectivity index (χ1) is 49.8. The summed E-state index contributed by atoms with van der Waals surface area (Å²) in [7, 11) is -9.92. The van der Waals surface area contributed by atoms with Crippen molar-refractivity contribution >= 4 is 39.5 Å². The molecule has 3 unspecified atom stereocenters. The van der Waals surface area contributed by atoms with Gasteiger partial charge in [0.2, 0.25) is 0 Å². The summed E-state index contributed by atoms with van der Waals surface area (Å²) in [5, 5.41) is 10.7. The Labute approximate surface area is 632 Å². The Bertz CT molecular complexity index is 1990. The third-order valence-corrected chi connectivity index (χ3v) is 21.9. The second-order valence-electron chi connectivity index (χ2n) is 31.4. The molecular weight excluding hydrogens is 1340 g/mol. The minimum absolute atomic E-state index is 0.106. The van der Waals surface area contributed by atoms with Gasteiger partial charge in [0, 0.05) is 25.7 Å². The molecule has 0 amide bonds.